The highest BCUT2D eigenvalue weighted by Crippen LogP contribution is 1.97. The van der Waals surface area contributed by atoms with E-state index in [2.05, 4.69) is 15.6 Å². The van der Waals surface area contributed by atoms with E-state index in [1.165, 1.54) is 0 Å². The Labute approximate surface area is 88.8 Å². The van der Waals surface area contributed by atoms with Gasteiger partial charge in [-0.2, -0.15) is 0 Å². The van der Waals surface area contributed by atoms with Gasteiger partial charge < -0.3 is 11.1 Å². The van der Waals surface area contributed by atoms with Crippen LogP contribution in [0.2, 0.25) is 0 Å². The first-order valence-corrected chi connectivity index (χ1v) is 5.03. The topological polar surface area (TPSA) is 85.8 Å². The van der Waals surface area contributed by atoms with E-state index >= 15 is 0 Å². The summed E-state index contributed by atoms with van der Waals surface area (Å²) < 4.78 is 1.67. The van der Waals surface area contributed by atoms with Gasteiger partial charge in [0.05, 0.1) is 12.7 Å². The maximum atomic E-state index is 11.3. The van der Waals surface area contributed by atoms with Crippen molar-refractivity contribution in [2.45, 2.75) is 19.9 Å². The van der Waals surface area contributed by atoms with E-state index in [1.807, 2.05) is 6.92 Å². The van der Waals surface area contributed by atoms with Crippen LogP contribution in [0.4, 0.5) is 0 Å². The lowest BCUT2D eigenvalue weighted by Crippen LogP contribution is -2.30. The number of hydrogen-bond donors (Lipinski definition) is 2. The summed E-state index contributed by atoms with van der Waals surface area (Å²) in [5.74, 6) is 0.268. The molecule has 0 saturated heterocycles. The van der Waals surface area contributed by atoms with Crippen LogP contribution in [0.15, 0.2) is 12.4 Å². The van der Waals surface area contributed by atoms with Gasteiger partial charge >= 0.3 is 0 Å². The van der Waals surface area contributed by atoms with Crippen LogP contribution in [-0.2, 0) is 11.3 Å². The van der Waals surface area contributed by atoms with Crippen molar-refractivity contribution in [3.05, 3.63) is 12.4 Å². The fourth-order valence-electron chi connectivity index (χ4n) is 1.13. The summed E-state index contributed by atoms with van der Waals surface area (Å²) in [4.78, 5) is 11.3. The molecule has 1 amide bonds. The minimum atomic E-state index is 0.0352. The molecule has 1 rings (SSSR count). The van der Waals surface area contributed by atoms with E-state index in [4.69, 9.17) is 5.73 Å². The molecule has 3 N–H and O–H groups in total. The number of carbonyl (C=O) groups is 1. The van der Waals surface area contributed by atoms with Crippen molar-refractivity contribution in [1.82, 2.24) is 20.3 Å². The second kappa shape index (κ2) is 6.13. The number of aromatic nitrogens is 3. The van der Waals surface area contributed by atoms with Gasteiger partial charge in [-0.05, 0) is 12.5 Å². The second-order valence-electron chi connectivity index (χ2n) is 3.56. The van der Waals surface area contributed by atoms with E-state index < -0.39 is 0 Å². The molecule has 0 spiro atoms. The monoisotopic (exact) mass is 211 g/mol. The summed E-state index contributed by atoms with van der Waals surface area (Å²) in [6.45, 7) is 3.70. The zero-order valence-electron chi connectivity index (χ0n) is 8.89. The molecule has 6 heteroatoms. The van der Waals surface area contributed by atoms with Gasteiger partial charge in [-0.1, -0.05) is 12.1 Å². The smallest absolute Gasteiger partial charge is 0.220 e. The Kier molecular flexibility index (Phi) is 4.76. The lowest BCUT2D eigenvalue weighted by Gasteiger charge is -2.08. The first kappa shape index (κ1) is 11.6. The van der Waals surface area contributed by atoms with E-state index in [0.717, 1.165) is 0 Å². The standard InChI is InChI=1S/C9H17N5O/c1-8(7-10)6-9(15)11-2-4-14-5-3-12-13-14/h3,5,8H,2,4,6-7,10H2,1H3,(H,11,15). The molecule has 0 radical (unpaired) electrons. The van der Waals surface area contributed by atoms with Crippen LogP contribution in [-0.4, -0.2) is 34.0 Å². The fourth-order valence-corrected chi connectivity index (χ4v) is 1.13. The van der Waals surface area contributed by atoms with Gasteiger partial charge in [-0.15, -0.1) is 5.10 Å². The van der Waals surface area contributed by atoms with Crippen molar-refractivity contribution in [2.24, 2.45) is 11.7 Å². The summed E-state index contributed by atoms with van der Waals surface area (Å²) in [5, 5.41) is 10.3. The Hall–Kier alpha value is -1.43. The van der Waals surface area contributed by atoms with Crippen LogP contribution >= 0.6 is 0 Å². The Morgan fingerprint density at radius 2 is 2.47 bits per heavy atom. The third kappa shape index (κ3) is 4.55. The van der Waals surface area contributed by atoms with Crippen LogP contribution in [0, 0.1) is 5.92 Å². The molecule has 1 aromatic heterocycles. The van der Waals surface area contributed by atoms with E-state index in [0.29, 0.717) is 26.1 Å². The molecular weight excluding hydrogens is 194 g/mol. The van der Waals surface area contributed by atoms with Crippen molar-refractivity contribution in [1.29, 1.82) is 0 Å². The average molecular weight is 211 g/mol. The molecule has 0 aliphatic carbocycles. The second-order valence-corrected chi connectivity index (χ2v) is 3.56. The first-order chi connectivity index (χ1) is 7.22. The van der Waals surface area contributed by atoms with E-state index in [-0.39, 0.29) is 11.8 Å². The number of nitrogens with two attached hydrogens (primary N) is 1. The number of carbonyl (C=O) groups excluding carboxylic acids is 1. The Morgan fingerprint density at radius 1 is 1.67 bits per heavy atom. The fraction of sp³-hybridized carbons (Fsp3) is 0.667. The zero-order chi connectivity index (χ0) is 11.1. The number of nitrogens with zero attached hydrogens (tertiary/aromatic N) is 3. The highest BCUT2D eigenvalue weighted by molar-refractivity contribution is 5.76. The van der Waals surface area contributed by atoms with Crippen LogP contribution in [0.25, 0.3) is 0 Å². The molecule has 1 aromatic rings. The molecule has 0 saturated carbocycles. The maximum Gasteiger partial charge on any atom is 0.220 e. The van der Waals surface area contributed by atoms with E-state index in [9.17, 15) is 4.79 Å². The van der Waals surface area contributed by atoms with Gasteiger partial charge in [0.1, 0.15) is 0 Å². The molecule has 84 valence electrons. The Morgan fingerprint density at radius 3 is 3.07 bits per heavy atom. The SMILES string of the molecule is CC(CN)CC(=O)NCCn1ccnn1. The number of hydrogen-bond acceptors (Lipinski definition) is 4. The minimum Gasteiger partial charge on any atom is -0.354 e. The highest BCUT2D eigenvalue weighted by Gasteiger charge is 2.06. The summed E-state index contributed by atoms with van der Waals surface area (Å²) in [6.07, 6.45) is 3.85. The Bertz CT molecular complexity index is 285. The molecule has 0 bridgehead atoms. The van der Waals surface area contributed by atoms with Gasteiger partial charge in [0.15, 0.2) is 0 Å². The molecular formula is C9H17N5O. The lowest BCUT2D eigenvalue weighted by molar-refractivity contribution is -0.121. The van der Waals surface area contributed by atoms with Crippen molar-refractivity contribution >= 4 is 5.91 Å². The number of nitrogens with one attached hydrogen (secondary N) is 1. The van der Waals surface area contributed by atoms with Crippen LogP contribution < -0.4 is 11.1 Å². The molecule has 1 heterocycles. The molecule has 0 fully saturated rings. The predicted octanol–water partition coefficient (Wildman–Crippen LogP) is -0.621. The largest absolute Gasteiger partial charge is 0.354 e. The van der Waals surface area contributed by atoms with Crippen molar-refractivity contribution in [3.8, 4) is 0 Å². The minimum absolute atomic E-state index is 0.0352. The molecule has 15 heavy (non-hydrogen) atoms. The summed E-state index contributed by atoms with van der Waals surface area (Å²) >= 11 is 0. The van der Waals surface area contributed by atoms with Crippen molar-refractivity contribution < 1.29 is 4.79 Å². The molecule has 0 aliphatic heterocycles. The molecule has 6 nitrogen and oxygen atoms in total. The maximum absolute atomic E-state index is 11.3. The first-order valence-electron chi connectivity index (χ1n) is 5.03. The third-order valence-corrected chi connectivity index (χ3v) is 2.07. The summed E-state index contributed by atoms with van der Waals surface area (Å²) in [5.41, 5.74) is 5.42. The van der Waals surface area contributed by atoms with Crippen LogP contribution in [0.5, 0.6) is 0 Å². The zero-order valence-corrected chi connectivity index (χ0v) is 8.89. The number of rotatable bonds is 6. The molecule has 1 atom stereocenters. The van der Waals surface area contributed by atoms with Gasteiger partial charge in [-0.3, -0.25) is 9.48 Å². The van der Waals surface area contributed by atoms with Gasteiger partial charge in [0.25, 0.3) is 0 Å². The number of amides is 1. The van der Waals surface area contributed by atoms with Gasteiger partial charge in [0.2, 0.25) is 5.91 Å². The van der Waals surface area contributed by atoms with Gasteiger partial charge in [0, 0.05) is 19.2 Å². The third-order valence-electron chi connectivity index (χ3n) is 2.07. The molecule has 1 unspecified atom stereocenters. The van der Waals surface area contributed by atoms with Gasteiger partial charge in [-0.25, -0.2) is 0 Å². The summed E-state index contributed by atoms with van der Waals surface area (Å²) in [6, 6.07) is 0. The predicted molar refractivity (Wildman–Crippen MR) is 55.9 cm³/mol. The Balaban J connectivity index is 2.12. The highest BCUT2D eigenvalue weighted by atomic mass is 16.1. The summed E-state index contributed by atoms with van der Waals surface area (Å²) in [7, 11) is 0. The quantitative estimate of drug-likeness (QED) is 0.656. The molecule has 0 aliphatic rings. The lowest BCUT2D eigenvalue weighted by atomic mass is 10.1. The molecule has 0 aromatic carbocycles. The normalized spacial score (nSPS) is 12.4. The van der Waals surface area contributed by atoms with Crippen molar-refractivity contribution in [3.63, 3.8) is 0 Å². The van der Waals surface area contributed by atoms with Crippen LogP contribution in [0.3, 0.4) is 0 Å². The van der Waals surface area contributed by atoms with Crippen molar-refractivity contribution in [2.75, 3.05) is 13.1 Å². The van der Waals surface area contributed by atoms with E-state index in [1.54, 1.807) is 17.1 Å². The average Bonchev–Trinajstić information content (AvgIpc) is 2.70. The van der Waals surface area contributed by atoms with Crippen LogP contribution in [0.1, 0.15) is 13.3 Å².